The lowest BCUT2D eigenvalue weighted by Crippen LogP contribution is -2.54. The van der Waals surface area contributed by atoms with Crippen molar-refractivity contribution < 1.29 is 14.3 Å². The molecule has 3 rings (SSSR count). The molecule has 1 saturated heterocycles. The Kier molecular flexibility index (Phi) is 6.14. The zero-order valence-electron chi connectivity index (χ0n) is 16.4. The van der Waals surface area contributed by atoms with E-state index in [1.54, 1.807) is 4.90 Å². The molecule has 2 amide bonds. The Morgan fingerprint density at radius 2 is 1.81 bits per heavy atom. The van der Waals surface area contributed by atoms with Gasteiger partial charge in [-0.15, -0.1) is 0 Å². The van der Waals surface area contributed by atoms with E-state index in [9.17, 15) is 9.59 Å². The molecule has 0 aromatic heterocycles. The number of hydrogen-bond donors (Lipinski definition) is 0. The van der Waals surface area contributed by atoms with Gasteiger partial charge in [0, 0.05) is 23.6 Å². The molecule has 2 fully saturated rings. The number of amides is 2. The number of halogens is 1. The van der Waals surface area contributed by atoms with Crippen LogP contribution in [0.3, 0.4) is 0 Å². The number of likely N-dealkylation sites (tertiary alicyclic amines) is 1. The number of nitrogens with zero attached hydrogens (tertiary/aromatic N) is 2. The molecular weight excluding hydrogens is 408 g/mol. The first-order valence-electron chi connectivity index (χ1n) is 9.79. The van der Waals surface area contributed by atoms with Crippen LogP contribution in [-0.4, -0.2) is 46.0 Å². The van der Waals surface area contributed by atoms with Crippen molar-refractivity contribution in [3.8, 4) is 0 Å². The highest BCUT2D eigenvalue weighted by atomic mass is 79.9. The van der Waals surface area contributed by atoms with Crippen LogP contribution in [0.2, 0.25) is 0 Å². The summed E-state index contributed by atoms with van der Waals surface area (Å²) >= 11 is 3.45. The van der Waals surface area contributed by atoms with Gasteiger partial charge in [0.15, 0.2) is 0 Å². The van der Waals surface area contributed by atoms with E-state index in [1.165, 1.54) is 0 Å². The minimum Gasteiger partial charge on any atom is -0.444 e. The van der Waals surface area contributed by atoms with Crippen molar-refractivity contribution in [2.45, 2.75) is 77.1 Å². The molecule has 1 saturated carbocycles. The van der Waals surface area contributed by atoms with Gasteiger partial charge in [0.1, 0.15) is 11.6 Å². The second-order valence-electron chi connectivity index (χ2n) is 8.51. The van der Waals surface area contributed by atoms with E-state index in [4.69, 9.17) is 4.74 Å². The van der Waals surface area contributed by atoms with E-state index >= 15 is 0 Å². The molecule has 1 unspecified atom stereocenters. The maximum absolute atomic E-state index is 13.4. The van der Waals surface area contributed by atoms with Gasteiger partial charge in [0.25, 0.3) is 0 Å². The molecule has 1 aliphatic heterocycles. The first kappa shape index (κ1) is 20.2. The normalized spacial score (nSPS) is 20.3. The number of carbonyl (C=O) groups excluding carboxylic acids is 2. The summed E-state index contributed by atoms with van der Waals surface area (Å²) in [6.45, 7) is 6.75. The van der Waals surface area contributed by atoms with Gasteiger partial charge in [-0.2, -0.15) is 0 Å². The molecule has 6 heteroatoms. The number of benzene rings is 1. The van der Waals surface area contributed by atoms with Gasteiger partial charge < -0.3 is 9.64 Å². The second-order valence-corrected chi connectivity index (χ2v) is 9.42. The molecule has 1 aromatic rings. The summed E-state index contributed by atoms with van der Waals surface area (Å²) < 4.78 is 6.58. The van der Waals surface area contributed by atoms with E-state index in [0.29, 0.717) is 25.6 Å². The molecule has 1 aliphatic carbocycles. The summed E-state index contributed by atoms with van der Waals surface area (Å²) in [7, 11) is 0. The molecular formula is C21H29BrN2O3. The van der Waals surface area contributed by atoms with Crippen LogP contribution in [0.1, 0.15) is 58.4 Å². The van der Waals surface area contributed by atoms with Crippen molar-refractivity contribution >= 4 is 27.9 Å². The minimum atomic E-state index is -0.560. The third kappa shape index (κ3) is 5.47. The Morgan fingerprint density at radius 3 is 2.41 bits per heavy atom. The summed E-state index contributed by atoms with van der Waals surface area (Å²) in [6.07, 6.45) is 4.30. The fourth-order valence-electron chi connectivity index (χ4n) is 3.48. The maximum Gasteiger partial charge on any atom is 0.410 e. The van der Waals surface area contributed by atoms with Gasteiger partial charge in [-0.3, -0.25) is 9.69 Å². The lowest BCUT2D eigenvalue weighted by Gasteiger charge is -2.38. The highest BCUT2D eigenvalue weighted by molar-refractivity contribution is 9.10. The Balaban J connectivity index is 1.74. The molecule has 0 N–H and O–H groups in total. The summed E-state index contributed by atoms with van der Waals surface area (Å²) in [5, 5.41) is 0. The van der Waals surface area contributed by atoms with Crippen molar-refractivity contribution in [2.24, 2.45) is 0 Å². The summed E-state index contributed by atoms with van der Waals surface area (Å²) in [6, 6.07) is 7.96. The zero-order chi connectivity index (χ0) is 19.6. The van der Waals surface area contributed by atoms with Crippen molar-refractivity contribution in [1.82, 2.24) is 9.80 Å². The fourth-order valence-corrected chi connectivity index (χ4v) is 3.74. The van der Waals surface area contributed by atoms with Crippen LogP contribution >= 0.6 is 15.9 Å². The first-order valence-corrected chi connectivity index (χ1v) is 10.6. The molecule has 1 atom stereocenters. The van der Waals surface area contributed by atoms with Crippen LogP contribution < -0.4 is 0 Å². The van der Waals surface area contributed by atoms with E-state index < -0.39 is 11.6 Å². The van der Waals surface area contributed by atoms with E-state index in [-0.39, 0.29) is 12.0 Å². The average molecular weight is 437 g/mol. The van der Waals surface area contributed by atoms with Crippen LogP contribution in [0, 0.1) is 0 Å². The predicted octanol–water partition coefficient (Wildman–Crippen LogP) is 4.73. The van der Waals surface area contributed by atoms with Gasteiger partial charge in [-0.25, -0.2) is 4.79 Å². The van der Waals surface area contributed by atoms with E-state index in [2.05, 4.69) is 15.9 Å². The summed E-state index contributed by atoms with van der Waals surface area (Å²) in [5.41, 5.74) is 0.550. The highest BCUT2D eigenvalue weighted by Gasteiger charge is 2.41. The summed E-state index contributed by atoms with van der Waals surface area (Å²) in [4.78, 5) is 29.7. The zero-order valence-corrected chi connectivity index (χ0v) is 18.0. The molecule has 0 radical (unpaired) electrons. The van der Waals surface area contributed by atoms with Crippen molar-refractivity contribution in [3.05, 3.63) is 34.3 Å². The third-order valence-corrected chi connectivity index (χ3v) is 5.48. The van der Waals surface area contributed by atoms with Gasteiger partial charge in [-0.05, 0) is 70.6 Å². The molecule has 148 valence electrons. The monoisotopic (exact) mass is 436 g/mol. The van der Waals surface area contributed by atoms with Gasteiger partial charge in [0.2, 0.25) is 5.91 Å². The smallest absolute Gasteiger partial charge is 0.410 e. The Labute approximate surface area is 170 Å². The third-order valence-electron chi connectivity index (χ3n) is 4.95. The van der Waals surface area contributed by atoms with E-state index in [0.717, 1.165) is 35.7 Å². The predicted molar refractivity (Wildman–Crippen MR) is 108 cm³/mol. The van der Waals surface area contributed by atoms with Crippen LogP contribution in [0.25, 0.3) is 0 Å². The molecule has 0 bridgehead atoms. The lowest BCUT2D eigenvalue weighted by atomic mass is 10.0. The number of ether oxygens (including phenoxy) is 1. The van der Waals surface area contributed by atoms with Crippen LogP contribution in [0.15, 0.2) is 28.7 Å². The molecule has 1 heterocycles. The van der Waals surface area contributed by atoms with Crippen LogP contribution in [-0.2, 0) is 16.1 Å². The number of hydrogen-bond acceptors (Lipinski definition) is 3. The fraction of sp³-hybridized carbons (Fsp3) is 0.619. The summed E-state index contributed by atoms with van der Waals surface area (Å²) in [5.74, 6) is 0.0611. The molecule has 1 aromatic carbocycles. The van der Waals surface area contributed by atoms with E-state index in [1.807, 2.05) is 49.9 Å². The Morgan fingerprint density at radius 1 is 1.15 bits per heavy atom. The lowest BCUT2D eigenvalue weighted by molar-refractivity contribution is -0.139. The number of carbonyl (C=O) groups is 2. The Bertz CT molecular complexity index is 680. The topological polar surface area (TPSA) is 49.9 Å². The molecule has 0 spiro atoms. The largest absolute Gasteiger partial charge is 0.444 e. The van der Waals surface area contributed by atoms with Crippen molar-refractivity contribution in [3.63, 3.8) is 0 Å². The molecule has 2 aliphatic rings. The maximum atomic E-state index is 13.4. The number of rotatable bonds is 4. The minimum absolute atomic E-state index is 0.0611. The van der Waals surface area contributed by atoms with Crippen LogP contribution in [0.5, 0.6) is 0 Å². The Hall–Kier alpha value is -1.56. The quantitative estimate of drug-likeness (QED) is 0.685. The van der Waals surface area contributed by atoms with Crippen molar-refractivity contribution in [2.75, 3.05) is 6.54 Å². The standard InChI is InChI=1S/C21H29BrN2O3/c1-21(2,3)27-20(26)23-13-5-4-6-18(23)19(25)24(17-11-12-17)14-15-7-9-16(22)10-8-15/h7-10,17-18H,4-6,11-14H2,1-3H3. The first-order chi connectivity index (χ1) is 12.7. The van der Waals surface area contributed by atoms with Crippen LogP contribution in [0.4, 0.5) is 4.79 Å². The van der Waals surface area contributed by atoms with Gasteiger partial charge in [0.05, 0.1) is 0 Å². The highest BCUT2D eigenvalue weighted by Crippen LogP contribution is 2.31. The number of piperidine rings is 1. The van der Waals surface area contributed by atoms with Gasteiger partial charge >= 0.3 is 6.09 Å². The average Bonchev–Trinajstić information content (AvgIpc) is 3.44. The SMILES string of the molecule is CC(C)(C)OC(=O)N1CCCCC1C(=O)N(Cc1ccc(Br)cc1)C1CC1. The van der Waals surface area contributed by atoms with Gasteiger partial charge in [-0.1, -0.05) is 28.1 Å². The molecule has 5 nitrogen and oxygen atoms in total. The molecule has 27 heavy (non-hydrogen) atoms. The van der Waals surface area contributed by atoms with Crippen molar-refractivity contribution in [1.29, 1.82) is 0 Å². The second kappa shape index (κ2) is 8.21.